The zero-order valence-electron chi connectivity index (χ0n) is 20.5. The molecule has 0 bridgehead atoms. The second-order valence-electron chi connectivity index (χ2n) is 8.43. The number of amides is 1. The second kappa shape index (κ2) is 11.6. The van der Waals surface area contributed by atoms with E-state index in [4.69, 9.17) is 18.9 Å². The molecule has 7 heteroatoms. The molecule has 35 heavy (non-hydrogen) atoms. The van der Waals surface area contributed by atoms with Crippen LogP contribution in [0.15, 0.2) is 66.7 Å². The third-order valence-electron chi connectivity index (χ3n) is 6.13. The van der Waals surface area contributed by atoms with Gasteiger partial charge in [0, 0.05) is 44.4 Å². The van der Waals surface area contributed by atoms with Crippen LogP contribution in [0.2, 0.25) is 0 Å². The third-order valence-corrected chi connectivity index (χ3v) is 6.13. The number of carbonyl (C=O) groups excluding carboxylic acids is 1. The number of piperazine rings is 1. The molecule has 0 aliphatic carbocycles. The molecule has 0 saturated carbocycles. The van der Waals surface area contributed by atoms with Crippen LogP contribution in [-0.4, -0.2) is 63.2 Å². The number of hydrogen-bond donors (Lipinski definition) is 0. The molecule has 1 amide bonds. The van der Waals surface area contributed by atoms with Gasteiger partial charge >= 0.3 is 0 Å². The highest BCUT2D eigenvalue weighted by Gasteiger charge is 2.23. The van der Waals surface area contributed by atoms with Crippen molar-refractivity contribution in [2.24, 2.45) is 0 Å². The largest absolute Gasteiger partial charge is 0.497 e. The molecule has 184 valence electrons. The first-order valence-electron chi connectivity index (χ1n) is 11.7. The van der Waals surface area contributed by atoms with Gasteiger partial charge in [0.15, 0.2) is 11.5 Å². The third kappa shape index (κ3) is 6.25. The van der Waals surface area contributed by atoms with Crippen LogP contribution < -0.4 is 18.9 Å². The fraction of sp³-hybridized carbons (Fsp3) is 0.321. The van der Waals surface area contributed by atoms with Gasteiger partial charge in [0.05, 0.1) is 21.3 Å². The lowest BCUT2D eigenvalue weighted by Gasteiger charge is -2.35. The van der Waals surface area contributed by atoms with E-state index in [0.29, 0.717) is 42.5 Å². The molecule has 0 unspecified atom stereocenters. The Morgan fingerprint density at radius 3 is 2.06 bits per heavy atom. The summed E-state index contributed by atoms with van der Waals surface area (Å²) < 4.78 is 22.2. The molecule has 0 radical (unpaired) electrons. The van der Waals surface area contributed by atoms with E-state index in [9.17, 15) is 4.79 Å². The average molecular weight is 477 g/mol. The van der Waals surface area contributed by atoms with Crippen molar-refractivity contribution in [2.45, 2.75) is 13.2 Å². The zero-order valence-corrected chi connectivity index (χ0v) is 20.5. The number of carbonyl (C=O) groups is 1. The molecule has 1 aliphatic heterocycles. The summed E-state index contributed by atoms with van der Waals surface area (Å²) in [6.45, 7) is 4.16. The number of nitrogens with zero attached hydrogens (tertiary/aromatic N) is 2. The number of benzene rings is 3. The molecule has 7 nitrogen and oxygen atoms in total. The lowest BCUT2D eigenvalue weighted by Crippen LogP contribution is -2.48. The molecule has 0 spiro atoms. The van der Waals surface area contributed by atoms with Crippen molar-refractivity contribution in [1.29, 1.82) is 0 Å². The fourth-order valence-corrected chi connectivity index (χ4v) is 4.15. The fourth-order valence-electron chi connectivity index (χ4n) is 4.15. The Bertz CT molecular complexity index is 1110. The van der Waals surface area contributed by atoms with Crippen molar-refractivity contribution in [2.75, 3.05) is 47.5 Å². The van der Waals surface area contributed by atoms with Crippen molar-refractivity contribution in [3.05, 3.63) is 83.4 Å². The summed E-state index contributed by atoms with van der Waals surface area (Å²) in [5, 5.41) is 0. The number of rotatable bonds is 9. The Morgan fingerprint density at radius 1 is 0.743 bits per heavy atom. The Morgan fingerprint density at radius 2 is 1.43 bits per heavy atom. The highest BCUT2D eigenvalue weighted by molar-refractivity contribution is 5.95. The number of hydrogen-bond acceptors (Lipinski definition) is 6. The van der Waals surface area contributed by atoms with Crippen LogP contribution >= 0.6 is 0 Å². The smallest absolute Gasteiger partial charge is 0.254 e. The minimum atomic E-state index is -0.0112. The number of methoxy groups -OCH3 is 3. The molecule has 0 N–H and O–H groups in total. The van der Waals surface area contributed by atoms with Crippen LogP contribution in [0, 0.1) is 0 Å². The monoisotopic (exact) mass is 476 g/mol. The highest BCUT2D eigenvalue weighted by Crippen LogP contribution is 2.30. The standard InChI is InChI=1S/C28H32N2O5/c1-32-24-16-23(17-25(18-24)33-2)28(31)30-13-11-29(12-14-30)19-22-9-10-26(34-3)27(15-22)35-20-21-7-5-4-6-8-21/h4-10,15-18H,11-14,19-20H2,1-3H3. The molecule has 3 aromatic carbocycles. The van der Waals surface area contributed by atoms with Crippen molar-refractivity contribution >= 4 is 5.91 Å². The Labute approximate surface area is 206 Å². The van der Waals surface area contributed by atoms with Crippen LogP contribution in [-0.2, 0) is 13.2 Å². The predicted octanol–water partition coefficient (Wildman–Crippen LogP) is 4.25. The minimum absolute atomic E-state index is 0.0112. The molecule has 1 saturated heterocycles. The summed E-state index contributed by atoms with van der Waals surface area (Å²) in [4.78, 5) is 17.3. The normalized spacial score (nSPS) is 13.9. The van der Waals surface area contributed by atoms with Gasteiger partial charge in [0.2, 0.25) is 0 Å². The topological polar surface area (TPSA) is 60.5 Å². The van der Waals surface area contributed by atoms with Gasteiger partial charge in [-0.1, -0.05) is 36.4 Å². The average Bonchev–Trinajstić information content (AvgIpc) is 2.92. The van der Waals surface area contributed by atoms with Crippen molar-refractivity contribution in [3.63, 3.8) is 0 Å². The number of ether oxygens (including phenoxy) is 4. The quantitative estimate of drug-likeness (QED) is 0.460. The second-order valence-corrected chi connectivity index (χ2v) is 8.43. The SMILES string of the molecule is COc1cc(OC)cc(C(=O)N2CCN(Cc3ccc(OC)c(OCc4ccccc4)c3)CC2)c1. The van der Waals surface area contributed by atoms with Gasteiger partial charge < -0.3 is 23.8 Å². The van der Waals surface area contributed by atoms with Gasteiger partial charge in [-0.25, -0.2) is 0 Å². The van der Waals surface area contributed by atoms with E-state index in [2.05, 4.69) is 11.0 Å². The van der Waals surface area contributed by atoms with Gasteiger partial charge in [-0.2, -0.15) is 0 Å². The van der Waals surface area contributed by atoms with Gasteiger partial charge in [-0.15, -0.1) is 0 Å². The molecule has 1 fully saturated rings. The van der Waals surface area contributed by atoms with Gasteiger partial charge in [0.25, 0.3) is 5.91 Å². The maximum Gasteiger partial charge on any atom is 0.254 e. The molecule has 1 aliphatic rings. The Hall–Kier alpha value is -3.71. The molecule has 0 atom stereocenters. The van der Waals surface area contributed by atoms with E-state index < -0.39 is 0 Å². The van der Waals surface area contributed by atoms with E-state index >= 15 is 0 Å². The summed E-state index contributed by atoms with van der Waals surface area (Å²) in [5.74, 6) is 2.65. The highest BCUT2D eigenvalue weighted by atomic mass is 16.5. The molecule has 1 heterocycles. The summed E-state index contributed by atoms with van der Waals surface area (Å²) >= 11 is 0. The summed E-state index contributed by atoms with van der Waals surface area (Å²) in [6, 6.07) is 21.4. The van der Waals surface area contributed by atoms with Gasteiger partial charge in [-0.05, 0) is 35.4 Å². The summed E-state index contributed by atoms with van der Waals surface area (Å²) in [6.07, 6.45) is 0. The van der Waals surface area contributed by atoms with Crippen LogP contribution in [0.5, 0.6) is 23.0 Å². The van der Waals surface area contributed by atoms with E-state index in [-0.39, 0.29) is 5.91 Å². The lowest BCUT2D eigenvalue weighted by molar-refractivity contribution is 0.0627. The Balaban J connectivity index is 1.36. The predicted molar refractivity (Wildman–Crippen MR) is 134 cm³/mol. The molecule has 4 rings (SSSR count). The minimum Gasteiger partial charge on any atom is -0.497 e. The van der Waals surface area contributed by atoms with E-state index in [0.717, 1.165) is 36.5 Å². The van der Waals surface area contributed by atoms with E-state index in [1.54, 1.807) is 39.5 Å². The summed E-state index contributed by atoms with van der Waals surface area (Å²) in [5.41, 5.74) is 2.82. The van der Waals surface area contributed by atoms with Gasteiger partial charge in [0.1, 0.15) is 18.1 Å². The first-order chi connectivity index (χ1) is 17.1. The maximum absolute atomic E-state index is 13.1. The van der Waals surface area contributed by atoms with E-state index in [1.807, 2.05) is 47.4 Å². The Kier molecular flexibility index (Phi) is 8.11. The summed E-state index contributed by atoms with van der Waals surface area (Å²) in [7, 11) is 4.82. The lowest BCUT2D eigenvalue weighted by atomic mass is 10.1. The molecule has 3 aromatic rings. The molecule has 0 aromatic heterocycles. The first-order valence-corrected chi connectivity index (χ1v) is 11.7. The van der Waals surface area contributed by atoms with Crippen LogP contribution in [0.4, 0.5) is 0 Å². The van der Waals surface area contributed by atoms with E-state index in [1.165, 1.54) is 0 Å². The van der Waals surface area contributed by atoms with Crippen molar-refractivity contribution in [1.82, 2.24) is 9.80 Å². The molecular weight excluding hydrogens is 444 g/mol. The van der Waals surface area contributed by atoms with Crippen LogP contribution in [0.3, 0.4) is 0 Å². The first kappa shape index (κ1) is 24.4. The zero-order chi connectivity index (χ0) is 24.6. The van der Waals surface area contributed by atoms with Crippen molar-refractivity contribution < 1.29 is 23.7 Å². The van der Waals surface area contributed by atoms with Crippen LogP contribution in [0.25, 0.3) is 0 Å². The van der Waals surface area contributed by atoms with Gasteiger partial charge in [-0.3, -0.25) is 9.69 Å². The molecular formula is C28H32N2O5. The van der Waals surface area contributed by atoms with Crippen LogP contribution in [0.1, 0.15) is 21.5 Å². The van der Waals surface area contributed by atoms with Crippen molar-refractivity contribution in [3.8, 4) is 23.0 Å². The maximum atomic E-state index is 13.1.